The number of hydrogen-bond acceptors (Lipinski definition) is 7. The Morgan fingerprint density at radius 1 is 1.47 bits per heavy atom. The van der Waals surface area contributed by atoms with Gasteiger partial charge in [0.25, 0.3) is 11.6 Å². The number of nitro benzene ring substituents is 1. The highest BCUT2D eigenvalue weighted by Crippen LogP contribution is 2.25. The minimum absolute atomic E-state index is 0.281. The maximum Gasteiger partial charge on any atom is 0.292 e. The van der Waals surface area contributed by atoms with Gasteiger partial charge in [-0.3, -0.25) is 14.9 Å². The van der Waals surface area contributed by atoms with Gasteiger partial charge in [-0.1, -0.05) is 0 Å². The molecule has 0 saturated heterocycles. The van der Waals surface area contributed by atoms with Gasteiger partial charge in [0.2, 0.25) is 11.5 Å². The van der Waals surface area contributed by atoms with E-state index < -0.39 is 22.3 Å². The normalized spacial score (nSPS) is 10.2. The van der Waals surface area contributed by atoms with E-state index in [4.69, 9.17) is 5.73 Å². The lowest BCUT2D eigenvalue weighted by Crippen LogP contribution is -2.15. The molecule has 98 valence electrons. The molecule has 3 N–H and O–H groups in total. The zero-order valence-corrected chi connectivity index (χ0v) is 9.16. The number of hydrogen-bond donors (Lipinski definition) is 2. The number of nitrogens with one attached hydrogen (secondary N) is 1. The smallest absolute Gasteiger partial charge is 0.292 e. The Morgan fingerprint density at radius 2 is 2.21 bits per heavy atom. The quantitative estimate of drug-likeness (QED) is 0.623. The second-order valence-corrected chi connectivity index (χ2v) is 3.37. The van der Waals surface area contributed by atoms with Gasteiger partial charge in [-0.25, -0.2) is 9.02 Å². The van der Waals surface area contributed by atoms with Crippen LogP contribution in [0.4, 0.5) is 21.6 Å². The molecule has 19 heavy (non-hydrogen) atoms. The Kier molecular flexibility index (Phi) is 3.06. The number of anilines is 2. The Balaban J connectivity index is 2.33. The summed E-state index contributed by atoms with van der Waals surface area (Å²) in [4.78, 5) is 21.6. The summed E-state index contributed by atoms with van der Waals surface area (Å²) in [5.41, 5.74) is 4.15. The van der Waals surface area contributed by atoms with Crippen LogP contribution in [0.25, 0.3) is 0 Å². The molecule has 0 aliphatic carbocycles. The first-order valence-electron chi connectivity index (χ1n) is 4.82. The first-order valence-corrected chi connectivity index (χ1v) is 4.82. The lowest BCUT2D eigenvalue weighted by Gasteiger charge is -2.04. The van der Waals surface area contributed by atoms with Crippen molar-refractivity contribution in [1.82, 2.24) is 10.3 Å². The maximum absolute atomic E-state index is 13.0. The number of amides is 1. The summed E-state index contributed by atoms with van der Waals surface area (Å²) < 4.78 is 17.2. The number of benzene rings is 1. The van der Waals surface area contributed by atoms with E-state index in [0.29, 0.717) is 0 Å². The van der Waals surface area contributed by atoms with E-state index in [-0.39, 0.29) is 17.2 Å². The number of rotatable bonds is 3. The minimum Gasteiger partial charge on any atom is -0.379 e. The summed E-state index contributed by atoms with van der Waals surface area (Å²) in [5.74, 6) is -1.92. The minimum atomic E-state index is -0.896. The van der Waals surface area contributed by atoms with Gasteiger partial charge in [0.15, 0.2) is 0 Å². The molecular weight excluding hydrogens is 261 g/mol. The topological polar surface area (TPSA) is 137 Å². The highest BCUT2D eigenvalue weighted by atomic mass is 19.1. The van der Waals surface area contributed by atoms with Gasteiger partial charge in [-0.05, 0) is 16.4 Å². The van der Waals surface area contributed by atoms with Gasteiger partial charge in [0.05, 0.1) is 4.92 Å². The summed E-state index contributed by atoms with van der Waals surface area (Å²) in [6.45, 7) is 0. The molecule has 0 bridgehead atoms. The lowest BCUT2D eigenvalue weighted by atomic mass is 10.2. The molecule has 1 heterocycles. The molecule has 1 aromatic heterocycles. The summed E-state index contributed by atoms with van der Waals surface area (Å²) >= 11 is 0. The highest BCUT2D eigenvalue weighted by molar-refractivity contribution is 6.06. The predicted octanol–water partition coefficient (Wildman–Crippen LogP) is 0.951. The molecule has 0 radical (unpaired) electrons. The van der Waals surface area contributed by atoms with Crippen molar-refractivity contribution in [1.29, 1.82) is 0 Å². The van der Waals surface area contributed by atoms with E-state index >= 15 is 0 Å². The molecule has 0 saturated carbocycles. The number of nitro groups is 1. The van der Waals surface area contributed by atoms with Crippen LogP contribution in [0.15, 0.2) is 22.8 Å². The second-order valence-electron chi connectivity index (χ2n) is 3.37. The first kappa shape index (κ1) is 12.4. The zero-order valence-electron chi connectivity index (χ0n) is 9.16. The van der Waals surface area contributed by atoms with Gasteiger partial charge >= 0.3 is 0 Å². The first-order chi connectivity index (χ1) is 8.99. The van der Waals surface area contributed by atoms with Gasteiger partial charge in [0.1, 0.15) is 11.5 Å². The molecule has 2 rings (SSSR count). The fraction of sp³-hybridized carbons (Fsp3) is 0. The summed E-state index contributed by atoms with van der Waals surface area (Å²) in [6, 6.07) is 2.63. The standard InChI is InChI=1S/C9H6FN5O4/c10-4-1-2-6(15(17)18)5(3-4)12-9(16)7-8(11)14-19-13-7/h1-3H,(H2,11,14)(H,12,16). The number of nitrogens with zero attached hydrogens (tertiary/aromatic N) is 3. The van der Waals surface area contributed by atoms with Crippen LogP contribution in [-0.4, -0.2) is 21.1 Å². The van der Waals surface area contributed by atoms with Crippen molar-refractivity contribution in [3.8, 4) is 0 Å². The number of halogens is 1. The average Bonchev–Trinajstić information content (AvgIpc) is 2.75. The lowest BCUT2D eigenvalue weighted by molar-refractivity contribution is -0.384. The van der Waals surface area contributed by atoms with E-state index in [9.17, 15) is 19.3 Å². The number of carbonyl (C=O) groups excluding carboxylic acids is 1. The number of carbonyl (C=O) groups is 1. The summed E-state index contributed by atoms with van der Waals surface area (Å²) in [6.07, 6.45) is 0. The summed E-state index contributed by atoms with van der Waals surface area (Å²) in [7, 11) is 0. The number of aromatic nitrogens is 2. The van der Waals surface area contributed by atoms with Crippen molar-refractivity contribution in [2.24, 2.45) is 0 Å². The Hall–Kier alpha value is -3.04. The van der Waals surface area contributed by atoms with Gasteiger partial charge in [0, 0.05) is 12.1 Å². The fourth-order valence-electron chi connectivity index (χ4n) is 1.30. The van der Waals surface area contributed by atoms with E-state index in [1.807, 2.05) is 0 Å². The van der Waals surface area contributed by atoms with E-state index in [1.165, 1.54) is 0 Å². The van der Waals surface area contributed by atoms with Crippen molar-refractivity contribution in [2.75, 3.05) is 11.1 Å². The Labute approximate surface area is 104 Å². The van der Waals surface area contributed by atoms with E-state index in [2.05, 4.69) is 20.3 Å². The van der Waals surface area contributed by atoms with Crippen LogP contribution in [0.5, 0.6) is 0 Å². The van der Waals surface area contributed by atoms with Crippen LogP contribution in [0.3, 0.4) is 0 Å². The third-order valence-electron chi connectivity index (χ3n) is 2.13. The molecule has 0 fully saturated rings. The maximum atomic E-state index is 13.0. The molecule has 0 aliphatic heterocycles. The molecule has 0 aliphatic rings. The van der Waals surface area contributed by atoms with Crippen molar-refractivity contribution in [3.63, 3.8) is 0 Å². The zero-order chi connectivity index (χ0) is 14.0. The monoisotopic (exact) mass is 267 g/mol. The van der Waals surface area contributed by atoms with E-state index in [1.54, 1.807) is 0 Å². The molecule has 10 heteroatoms. The van der Waals surface area contributed by atoms with Crippen molar-refractivity contribution >= 4 is 23.1 Å². The van der Waals surface area contributed by atoms with Crippen LogP contribution in [0, 0.1) is 15.9 Å². The SMILES string of the molecule is Nc1nonc1C(=O)Nc1cc(F)ccc1[N+](=O)[O-]. The Morgan fingerprint density at radius 3 is 2.79 bits per heavy atom. The largest absolute Gasteiger partial charge is 0.379 e. The highest BCUT2D eigenvalue weighted by Gasteiger charge is 2.21. The molecule has 0 unspecified atom stereocenters. The van der Waals surface area contributed by atoms with E-state index in [0.717, 1.165) is 18.2 Å². The van der Waals surface area contributed by atoms with Gasteiger partial charge in [-0.15, -0.1) is 0 Å². The molecule has 1 aromatic carbocycles. The van der Waals surface area contributed by atoms with Crippen LogP contribution in [-0.2, 0) is 0 Å². The third kappa shape index (κ3) is 2.46. The van der Waals surface area contributed by atoms with Crippen molar-refractivity contribution in [3.05, 3.63) is 39.8 Å². The van der Waals surface area contributed by atoms with Crippen LogP contribution >= 0.6 is 0 Å². The molecule has 9 nitrogen and oxygen atoms in total. The molecular formula is C9H6FN5O4. The third-order valence-corrected chi connectivity index (χ3v) is 2.13. The van der Waals surface area contributed by atoms with Crippen LogP contribution in [0.2, 0.25) is 0 Å². The van der Waals surface area contributed by atoms with Gasteiger partial charge < -0.3 is 11.1 Å². The average molecular weight is 267 g/mol. The molecule has 0 atom stereocenters. The number of nitrogen functional groups attached to an aromatic ring is 1. The van der Waals surface area contributed by atoms with Crippen LogP contribution in [0.1, 0.15) is 10.5 Å². The molecule has 2 aromatic rings. The van der Waals surface area contributed by atoms with Crippen molar-refractivity contribution < 1.29 is 18.7 Å². The molecule has 1 amide bonds. The molecule has 0 spiro atoms. The summed E-state index contributed by atoms with van der Waals surface area (Å²) in [5, 5.41) is 19.2. The van der Waals surface area contributed by atoms with Crippen molar-refractivity contribution in [2.45, 2.75) is 0 Å². The second kappa shape index (κ2) is 4.68. The fourth-order valence-corrected chi connectivity index (χ4v) is 1.30. The number of nitrogens with two attached hydrogens (primary N) is 1. The Bertz CT molecular complexity index is 656. The van der Waals surface area contributed by atoms with Gasteiger partial charge in [-0.2, -0.15) is 0 Å². The van der Waals surface area contributed by atoms with Crippen LogP contribution < -0.4 is 11.1 Å². The predicted molar refractivity (Wildman–Crippen MR) is 59.7 cm³/mol.